The smallest absolute Gasteiger partial charge is 0.232 e. The van der Waals surface area contributed by atoms with E-state index in [1.54, 1.807) is 24.3 Å². The van der Waals surface area contributed by atoms with Crippen molar-refractivity contribution < 1.29 is 31.5 Å². The number of nitrogens with one attached hydrogen (secondary N) is 2. The third-order valence-electron chi connectivity index (χ3n) is 5.87. The molecule has 0 unspecified atom stereocenters. The summed E-state index contributed by atoms with van der Waals surface area (Å²) in [6.45, 7) is 6.24. The number of aromatic nitrogens is 3. The number of methoxy groups -OCH3 is 1. The fourth-order valence-electron chi connectivity index (χ4n) is 3.95. The number of nitrogens with zero attached hydrogens (tertiary/aromatic N) is 3. The Kier molecular flexibility index (Phi) is 11.7. The highest BCUT2D eigenvalue weighted by Gasteiger charge is 2.19. The van der Waals surface area contributed by atoms with Crippen LogP contribution in [0, 0.1) is 5.82 Å². The lowest BCUT2D eigenvalue weighted by atomic mass is 10.0. The molecule has 1 amide bonds. The lowest BCUT2D eigenvalue weighted by molar-refractivity contribution is -0.114. The summed E-state index contributed by atoms with van der Waals surface area (Å²) < 4.78 is 64.7. The predicted octanol–water partition coefficient (Wildman–Crippen LogP) is 5.19. The molecule has 0 aliphatic rings. The molecule has 4 N–H and O–H groups in total. The number of halogens is 2. The SMILES string of the molecule is CCOCC.COc1cc(-c2cccc(NS(=O)(=O)CCCF)c2F)cc2c(N)nc(-c3ccc(NC(C)=O)nc3)nc12. The van der Waals surface area contributed by atoms with Gasteiger partial charge in [0.15, 0.2) is 11.6 Å². The molecular formula is C29H34F2N6O5S. The number of alkyl halides is 1. The summed E-state index contributed by atoms with van der Waals surface area (Å²) in [5.41, 5.74) is 7.33. The van der Waals surface area contributed by atoms with E-state index in [1.165, 1.54) is 38.4 Å². The Morgan fingerprint density at radius 2 is 1.81 bits per heavy atom. The number of nitrogens with two attached hydrogens (primary N) is 1. The Morgan fingerprint density at radius 1 is 1.07 bits per heavy atom. The Morgan fingerprint density at radius 3 is 2.40 bits per heavy atom. The van der Waals surface area contributed by atoms with E-state index in [2.05, 4.69) is 25.0 Å². The topological polar surface area (TPSA) is 158 Å². The molecule has 0 radical (unpaired) electrons. The van der Waals surface area contributed by atoms with Crippen LogP contribution in [0.3, 0.4) is 0 Å². The van der Waals surface area contributed by atoms with E-state index >= 15 is 4.39 Å². The maximum atomic E-state index is 15.4. The van der Waals surface area contributed by atoms with E-state index in [-0.39, 0.29) is 41.0 Å². The van der Waals surface area contributed by atoms with Gasteiger partial charge in [-0.1, -0.05) is 12.1 Å². The normalized spacial score (nSPS) is 11.0. The number of hydrogen-bond donors (Lipinski definition) is 3. The first kappa shape index (κ1) is 33.1. The number of hydrogen-bond acceptors (Lipinski definition) is 9. The quantitative estimate of drug-likeness (QED) is 0.206. The summed E-state index contributed by atoms with van der Waals surface area (Å²) in [5, 5.41) is 2.96. The molecule has 14 heteroatoms. The Hall–Kier alpha value is -4.43. The molecule has 0 saturated carbocycles. The molecule has 43 heavy (non-hydrogen) atoms. The maximum Gasteiger partial charge on any atom is 0.232 e. The summed E-state index contributed by atoms with van der Waals surface area (Å²) in [4.78, 5) is 24.3. The number of fused-ring (bicyclic) bond motifs is 1. The molecule has 0 aliphatic carbocycles. The van der Waals surface area contributed by atoms with Gasteiger partial charge in [0.1, 0.15) is 22.9 Å². The molecule has 2 aromatic heterocycles. The zero-order valence-corrected chi connectivity index (χ0v) is 25.1. The molecule has 0 aliphatic heterocycles. The second-order valence-corrected chi connectivity index (χ2v) is 10.9. The number of pyridine rings is 1. The van der Waals surface area contributed by atoms with Crippen LogP contribution in [0.5, 0.6) is 5.75 Å². The van der Waals surface area contributed by atoms with Crippen molar-refractivity contribution >= 4 is 44.2 Å². The molecule has 0 bridgehead atoms. The number of carbonyl (C=O) groups excluding carboxylic acids is 1. The first-order chi connectivity index (χ1) is 20.5. The number of rotatable bonds is 11. The average Bonchev–Trinajstić information content (AvgIpc) is 2.97. The van der Waals surface area contributed by atoms with Gasteiger partial charge in [-0.05, 0) is 56.2 Å². The van der Waals surface area contributed by atoms with Crippen LogP contribution in [0.4, 0.5) is 26.1 Å². The zero-order valence-electron chi connectivity index (χ0n) is 24.3. The van der Waals surface area contributed by atoms with Gasteiger partial charge in [0.05, 0.1) is 25.2 Å². The summed E-state index contributed by atoms with van der Waals surface area (Å²) in [6.07, 6.45) is 1.29. The van der Waals surface area contributed by atoms with Crippen LogP contribution in [0.2, 0.25) is 0 Å². The minimum atomic E-state index is -3.93. The van der Waals surface area contributed by atoms with Crippen LogP contribution < -0.4 is 20.5 Å². The van der Waals surface area contributed by atoms with Gasteiger partial charge in [-0.25, -0.2) is 27.8 Å². The van der Waals surface area contributed by atoms with Crippen LogP contribution >= 0.6 is 0 Å². The molecule has 0 saturated heterocycles. The lowest BCUT2D eigenvalue weighted by Crippen LogP contribution is -2.18. The van der Waals surface area contributed by atoms with E-state index < -0.39 is 28.3 Å². The zero-order chi connectivity index (χ0) is 31.6. The van der Waals surface area contributed by atoms with Crippen LogP contribution in [0.25, 0.3) is 33.4 Å². The first-order valence-corrected chi connectivity index (χ1v) is 15.0. The van der Waals surface area contributed by atoms with Crippen molar-refractivity contribution in [3.8, 4) is 28.3 Å². The number of sulfonamides is 1. The molecule has 11 nitrogen and oxygen atoms in total. The van der Waals surface area contributed by atoms with Crippen molar-refractivity contribution in [2.45, 2.75) is 27.2 Å². The maximum absolute atomic E-state index is 15.4. The van der Waals surface area contributed by atoms with Crippen molar-refractivity contribution in [2.24, 2.45) is 0 Å². The van der Waals surface area contributed by atoms with E-state index in [0.717, 1.165) is 13.2 Å². The average molecular weight is 617 g/mol. The molecule has 2 aromatic carbocycles. The van der Waals surface area contributed by atoms with Gasteiger partial charge in [-0.2, -0.15) is 0 Å². The summed E-state index contributed by atoms with van der Waals surface area (Å²) in [7, 11) is -2.51. The highest BCUT2D eigenvalue weighted by molar-refractivity contribution is 7.92. The molecule has 4 aromatic rings. The van der Waals surface area contributed by atoms with Crippen LogP contribution in [0.15, 0.2) is 48.7 Å². The number of anilines is 3. The second-order valence-electron chi connectivity index (χ2n) is 9.03. The Bertz CT molecular complexity index is 1670. The molecule has 230 valence electrons. The Labute approximate surface area is 248 Å². The van der Waals surface area contributed by atoms with Crippen LogP contribution in [-0.4, -0.2) is 62.0 Å². The third kappa shape index (κ3) is 8.78. The number of benzene rings is 2. The third-order valence-corrected chi connectivity index (χ3v) is 7.23. The fourth-order valence-corrected chi connectivity index (χ4v) is 5.03. The van der Waals surface area contributed by atoms with E-state index in [0.29, 0.717) is 27.8 Å². The second kappa shape index (κ2) is 15.2. The number of nitrogen functional groups attached to an aromatic ring is 1. The van der Waals surface area contributed by atoms with E-state index in [4.69, 9.17) is 15.2 Å². The number of ether oxygens (including phenoxy) is 2. The standard InChI is InChI=1S/C25H24F2N6O4S.C4H10O/c1-14(34)30-21-8-7-15(13-29-21)25-31-23-18(24(28)32-25)11-16(12-20(23)37-2)17-5-3-6-19(22(17)27)33-38(35,36)10-4-9-26;1-3-5-4-2/h3,5-8,11-13,33H,4,9-10H2,1-2H3,(H2,28,31,32)(H,29,30,34);3-4H2,1-2H3. The largest absolute Gasteiger partial charge is 0.494 e. The van der Waals surface area contributed by atoms with E-state index in [9.17, 15) is 17.6 Å². The predicted molar refractivity (Wildman–Crippen MR) is 164 cm³/mol. The van der Waals surface area contributed by atoms with Crippen molar-refractivity contribution in [3.05, 3.63) is 54.5 Å². The van der Waals surface area contributed by atoms with E-state index in [1.807, 2.05) is 13.8 Å². The van der Waals surface area contributed by atoms with Gasteiger partial charge in [-0.15, -0.1) is 0 Å². The van der Waals surface area contributed by atoms with Crippen molar-refractivity contribution in [1.29, 1.82) is 0 Å². The van der Waals surface area contributed by atoms with Gasteiger partial charge in [0.2, 0.25) is 15.9 Å². The number of amides is 1. The molecule has 0 spiro atoms. The Balaban J connectivity index is 0.000000934. The molecule has 4 rings (SSSR count). The van der Waals surface area contributed by atoms with Crippen molar-refractivity contribution in [2.75, 3.05) is 48.5 Å². The monoisotopic (exact) mass is 616 g/mol. The van der Waals surface area contributed by atoms with Gasteiger partial charge in [0.25, 0.3) is 0 Å². The summed E-state index contributed by atoms with van der Waals surface area (Å²) in [6, 6.07) is 10.6. The minimum Gasteiger partial charge on any atom is -0.494 e. The van der Waals surface area contributed by atoms with Crippen LogP contribution in [-0.2, 0) is 19.6 Å². The minimum absolute atomic E-state index is 0.0807. The molecular weight excluding hydrogens is 582 g/mol. The molecule has 0 fully saturated rings. The summed E-state index contributed by atoms with van der Waals surface area (Å²) >= 11 is 0. The summed E-state index contributed by atoms with van der Waals surface area (Å²) in [5.74, 6) is -0.542. The highest BCUT2D eigenvalue weighted by atomic mass is 32.2. The van der Waals surface area contributed by atoms with Crippen LogP contribution in [0.1, 0.15) is 27.2 Å². The van der Waals surface area contributed by atoms with Gasteiger partial charge >= 0.3 is 0 Å². The van der Waals surface area contributed by atoms with Crippen molar-refractivity contribution in [1.82, 2.24) is 15.0 Å². The van der Waals surface area contributed by atoms with Gasteiger partial charge in [0, 0.05) is 42.8 Å². The van der Waals surface area contributed by atoms with Gasteiger partial charge in [-0.3, -0.25) is 13.9 Å². The number of carbonyl (C=O) groups is 1. The highest BCUT2D eigenvalue weighted by Crippen LogP contribution is 2.37. The molecule has 0 atom stereocenters. The lowest BCUT2D eigenvalue weighted by Gasteiger charge is -2.14. The van der Waals surface area contributed by atoms with Crippen molar-refractivity contribution in [3.63, 3.8) is 0 Å². The fraction of sp³-hybridized carbons (Fsp3) is 0.310. The first-order valence-electron chi connectivity index (χ1n) is 13.4. The van der Waals surface area contributed by atoms with Gasteiger partial charge < -0.3 is 20.5 Å². The molecule has 2 heterocycles.